The first-order valence-electron chi connectivity index (χ1n) is 9.16. The van der Waals surface area contributed by atoms with Crippen molar-refractivity contribution in [2.75, 3.05) is 20.8 Å². The number of methoxy groups -OCH3 is 2. The van der Waals surface area contributed by atoms with Crippen LogP contribution < -0.4 is 9.47 Å². The predicted octanol–water partition coefficient (Wildman–Crippen LogP) is 4.08. The topological polar surface area (TPSA) is 41.9 Å². The lowest BCUT2D eigenvalue weighted by Crippen LogP contribution is -2.42. The highest BCUT2D eigenvalue weighted by Crippen LogP contribution is 2.28. The first kappa shape index (κ1) is 20.3. The third kappa shape index (κ3) is 5.23. The van der Waals surface area contributed by atoms with Gasteiger partial charge in [-0.1, -0.05) is 36.4 Å². The number of aliphatic hydroxyl groups excluding tert-OH is 1. The summed E-state index contributed by atoms with van der Waals surface area (Å²) < 4.78 is 10.7. The first-order chi connectivity index (χ1) is 12.5. The van der Waals surface area contributed by atoms with Gasteiger partial charge >= 0.3 is 0 Å². The number of rotatable bonds is 9. The highest BCUT2D eigenvalue weighted by Gasteiger charge is 2.22. The summed E-state index contributed by atoms with van der Waals surface area (Å²) >= 11 is 0. The van der Waals surface area contributed by atoms with Crippen LogP contribution >= 0.6 is 0 Å². The minimum absolute atomic E-state index is 0.284. The molecule has 4 nitrogen and oxygen atoms in total. The highest BCUT2D eigenvalue weighted by atomic mass is 16.5. The molecule has 1 N–H and O–H groups in total. The molecule has 2 unspecified atom stereocenters. The van der Waals surface area contributed by atoms with Gasteiger partial charge in [0.05, 0.1) is 20.3 Å². The fraction of sp³-hybridized carbons (Fsp3) is 0.455. The minimum Gasteiger partial charge on any atom is -0.493 e. The third-order valence-electron chi connectivity index (χ3n) is 4.78. The van der Waals surface area contributed by atoms with E-state index in [2.05, 4.69) is 31.7 Å². The van der Waals surface area contributed by atoms with Crippen molar-refractivity contribution in [3.63, 3.8) is 0 Å². The van der Waals surface area contributed by atoms with Crippen molar-refractivity contribution in [2.24, 2.45) is 0 Å². The van der Waals surface area contributed by atoms with Gasteiger partial charge in [-0.3, -0.25) is 4.90 Å². The van der Waals surface area contributed by atoms with E-state index in [4.69, 9.17) is 9.47 Å². The monoisotopic (exact) mass is 357 g/mol. The normalized spacial score (nSPS) is 13.7. The molecule has 0 aromatic heterocycles. The Balaban J connectivity index is 2.09. The number of hydrogen-bond donors (Lipinski definition) is 1. The van der Waals surface area contributed by atoms with Gasteiger partial charge in [-0.05, 0) is 50.5 Å². The maximum atomic E-state index is 10.6. The van der Waals surface area contributed by atoms with E-state index in [1.165, 1.54) is 5.56 Å². The summed E-state index contributed by atoms with van der Waals surface area (Å²) in [5.74, 6) is 1.49. The quantitative estimate of drug-likeness (QED) is 0.734. The Morgan fingerprint density at radius 2 is 1.58 bits per heavy atom. The number of ether oxygens (including phenoxy) is 2. The van der Waals surface area contributed by atoms with Gasteiger partial charge in [-0.25, -0.2) is 0 Å². The van der Waals surface area contributed by atoms with Gasteiger partial charge in [0, 0.05) is 18.6 Å². The second-order valence-corrected chi connectivity index (χ2v) is 6.96. The van der Waals surface area contributed by atoms with Crippen molar-refractivity contribution < 1.29 is 14.6 Å². The lowest BCUT2D eigenvalue weighted by atomic mass is 10.0. The van der Waals surface area contributed by atoms with E-state index in [-0.39, 0.29) is 6.04 Å². The molecular formula is C22H31NO3. The average Bonchev–Trinajstić information content (AvgIpc) is 2.66. The van der Waals surface area contributed by atoms with Crippen LogP contribution in [0.2, 0.25) is 0 Å². The molecule has 26 heavy (non-hydrogen) atoms. The van der Waals surface area contributed by atoms with E-state index >= 15 is 0 Å². The van der Waals surface area contributed by atoms with E-state index in [0.29, 0.717) is 12.6 Å². The molecule has 0 bridgehead atoms. The summed E-state index contributed by atoms with van der Waals surface area (Å²) in [6.07, 6.45) is 0.381. The maximum absolute atomic E-state index is 10.6. The Morgan fingerprint density at radius 1 is 0.923 bits per heavy atom. The first-order valence-corrected chi connectivity index (χ1v) is 9.16. The summed E-state index contributed by atoms with van der Waals surface area (Å²) in [5, 5.41) is 10.6. The molecule has 0 aliphatic rings. The molecule has 0 saturated heterocycles. The molecule has 142 valence electrons. The van der Waals surface area contributed by atoms with Crippen molar-refractivity contribution in [1.82, 2.24) is 4.90 Å². The predicted molar refractivity (Wildman–Crippen MR) is 106 cm³/mol. The fourth-order valence-corrected chi connectivity index (χ4v) is 3.35. The van der Waals surface area contributed by atoms with Crippen LogP contribution in [0.5, 0.6) is 11.5 Å². The van der Waals surface area contributed by atoms with Gasteiger partial charge in [-0.2, -0.15) is 0 Å². The Kier molecular flexibility index (Phi) is 7.49. The van der Waals surface area contributed by atoms with Crippen molar-refractivity contribution in [1.29, 1.82) is 0 Å². The zero-order valence-corrected chi connectivity index (χ0v) is 16.5. The zero-order valence-electron chi connectivity index (χ0n) is 16.5. The molecule has 0 radical (unpaired) electrons. The molecule has 0 heterocycles. The number of aliphatic hydroxyl groups is 1. The Hall–Kier alpha value is -2.04. The zero-order chi connectivity index (χ0) is 19.1. The summed E-state index contributed by atoms with van der Waals surface area (Å²) in [7, 11) is 3.30. The van der Waals surface area contributed by atoms with Crippen LogP contribution in [0.4, 0.5) is 0 Å². The van der Waals surface area contributed by atoms with Gasteiger partial charge in [0.2, 0.25) is 0 Å². The van der Waals surface area contributed by atoms with Crippen LogP contribution in [-0.4, -0.2) is 42.9 Å². The molecule has 2 aromatic carbocycles. The highest BCUT2D eigenvalue weighted by molar-refractivity contribution is 5.43. The fourth-order valence-electron chi connectivity index (χ4n) is 3.35. The molecule has 2 aromatic rings. The number of nitrogens with zero attached hydrogens (tertiary/aromatic N) is 1. The lowest BCUT2D eigenvalue weighted by Gasteiger charge is -2.34. The largest absolute Gasteiger partial charge is 0.493 e. The van der Waals surface area contributed by atoms with E-state index < -0.39 is 6.10 Å². The van der Waals surface area contributed by atoms with Crippen molar-refractivity contribution in [3.8, 4) is 11.5 Å². The van der Waals surface area contributed by atoms with Gasteiger partial charge in [0.1, 0.15) is 0 Å². The van der Waals surface area contributed by atoms with Crippen LogP contribution in [0.15, 0.2) is 48.5 Å². The third-order valence-corrected chi connectivity index (χ3v) is 4.78. The molecule has 0 fully saturated rings. The Labute approximate surface area is 157 Å². The van der Waals surface area contributed by atoms with Crippen molar-refractivity contribution in [2.45, 2.75) is 45.4 Å². The van der Waals surface area contributed by atoms with Crippen LogP contribution in [0.1, 0.15) is 38.0 Å². The lowest BCUT2D eigenvalue weighted by molar-refractivity contribution is 0.0704. The van der Waals surface area contributed by atoms with Gasteiger partial charge in [0.25, 0.3) is 0 Å². The standard InChI is InChI=1S/C22H31NO3/c1-16(2)23(15-20(24)19-9-7-6-8-10-19)17(3)13-18-11-12-21(25-4)22(14-18)26-5/h6-12,14,16-17,20,24H,13,15H2,1-5H3. The molecule has 2 atom stereocenters. The Bertz CT molecular complexity index is 672. The summed E-state index contributed by atoms with van der Waals surface area (Å²) in [6, 6.07) is 16.5. The molecular weight excluding hydrogens is 326 g/mol. The molecule has 0 aliphatic heterocycles. The van der Waals surface area contributed by atoms with Crippen molar-refractivity contribution >= 4 is 0 Å². The van der Waals surface area contributed by atoms with Gasteiger partial charge < -0.3 is 14.6 Å². The molecule has 0 amide bonds. The van der Waals surface area contributed by atoms with E-state index in [1.54, 1.807) is 14.2 Å². The molecule has 0 spiro atoms. The van der Waals surface area contributed by atoms with E-state index in [0.717, 1.165) is 23.5 Å². The van der Waals surface area contributed by atoms with Crippen molar-refractivity contribution in [3.05, 3.63) is 59.7 Å². The van der Waals surface area contributed by atoms with Gasteiger partial charge in [0.15, 0.2) is 11.5 Å². The maximum Gasteiger partial charge on any atom is 0.160 e. The summed E-state index contributed by atoms with van der Waals surface area (Å²) in [5.41, 5.74) is 2.14. The molecule has 2 rings (SSSR count). The van der Waals surface area contributed by atoms with E-state index in [1.807, 2.05) is 42.5 Å². The Morgan fingerprint density at radius 3 is 2.15 bits per heavy atom. The molecule has 0 saturated carbocycles. The van der Waals surface area contributed by atoms with Crippen LogP contribution in [0.3, 0.4) is 0 Å². The second kappa shape index (κ2) is 9.60. The molecule has 4 heteroatoms. The summed E-state index contributed by atoms with van der Waals surface area (Å²) in [6.45, 7) is 7.15. The van der Waals surface area contributed by atoms with Crippen LogP contribution in [-0.2, 0) is 6.42 Å². The molecule has 0 aliphatic carbocycles. The number of benzene rings is 2. The van der Waals surface area contributed by atoms with Gasteiger partial charge in [-0.15, -0.1) is 0 Å². The average molecular weight is 357 g/mol. The van der Waals surface area contributed by atoms with E-state index in [9.17, 15) is 5.11 Å². The smallest absolute Gasteiger partial charge is 0.160 e. The second-order valence-electron chi connectivity index (χ2n) is 6.96. The number of hydrogen-bond acceptors (Lipinski definition) is 4. The minimum atomic E-state index is -0.494. The van der Waals surface area contributed by atoms with Crippen LogP contribution in [0.25, 0.3) is 0 Å². The summed E-state index contributed by atoms with van der Waals surface area (Å²) in [4.78, 5) is 2.34. The SMILES string of the molecule is COc1ccc(CC(C)N(CC(O)c2ccccc2)C(C)C)cc1OC. The van der Waals surface area contributed by atoms with Crippen LogP contribution in [0, 0.1) is 0 Å².